The number of aromatic nitrogens is 8. The minimum atomic E-state index is -0.629. The quantitative estimate of drug-likeness (QED) is 0.0300. The van der Waals surface area contributed by atoms with E-state index in [0.717, 1.165) is 23.1 Å². The molecule has 0 saturated heterocycles. The fraction of sp³-hybridized carbons (Fsp3) is 0.274. The van der Waals surface area contributed by atoms with Gasteiger partial charge in [0.25, 0.3) is 47.3 Å². The van der Waals surface area contributed by atoms with Crippen molar-refractivity contribution < 1.29 is 47.9 Å². The van der Waals surface area contributed by atoms with Gasteiger partial charge in [-0.1, -0.05) is 18.2 Å². The van der Waals surface area contributed by atoms with E-state index in [2.05, 4.69) is 58.2 Å². The zero-order valence-electron chi connectivity index (χ0n) is 52.1. The Hall–Kier alpha value is -11.3. The molecule has 0 unspecified atom stereocenters. The number of hydrogen-bond acceptors (Lipinski definition) is 13. The molecule has 10 amide bonds. The summed E-state index contributed by atoms with van der Waals surface area (Å²) in [6.45, 7) is 1.65. The molecule has 8 heterocycles. The summed E-state index contributed by atoms with van der Waals surface area (Å²) < 4.78 is 11.7. The first-order chi connectivity index (χ1) is 43.8. The highest BCUT2D eigenvalue weighted by atomic mass is 32.1. The van der Waals surface area contributed by atoms with Gasteiger partial charge in [0.15, 0.2) is 5.82 Å². The number of anilines is 7. The molecule has 0 bridgehead atoms. The molecular weight excluding hydrogens is 1200 g/mol. The van der Waals surface area contributed by atoms with Crippen LogP contribution in [0.15, 0.2) is 110 Å². The van der Waals surface area contributed by atoms with Crippen LogP contribution < -0.4 is 53.2 Å². The van der Waals surface area contributed by atoms with E-state index in [4.69, 9.17) is 0 Å². The molecule has 8 aromatic heterocycles. The molecule has 29 nitrogen and oxygen atoms in total. The maximum absolute atomic E-state index is 13.5. The fourth-order valence-corrected chi connectivity index (χ4v) is 10.9. The topological polar surface area (TPSA) is 342 Å². The van der Waals surface area contributed by atoms with Gasteiger partial charge in [-0.2, -0.15) is 0 Å². The van der Waals surface area contributed by atoms with Crippen LogP contribution in [-0.2, 0) is 58.9 Å². The number of amides is 10. The Bertz CT molecular complexity index is 4300. The summed E-state index contributed by atoms with van der Waals surface area (Å²) >= 11 is 1.37. The third-order valence-corrected chi connectivity index (χ3v) is 15.7. The van der Waals surface area contributed by atoms with Crippen molar-refractivity contribution >= 4 is 120 Å². The van der Waals surface area contributed by atoms with E-state index in [1.165, 1.54) is 67.8 Å². The van der Waals surface area contributed by atoms with Gasteiger partial charge in [0, 0.05) is 130 Å². The second kappa shape index (κ2) is 28.5. The van der Waals surface area contributed by atoms with E-state index in [9.17, 15) is 47.9 Å². The Balaban J connectivity index is 0.685. The van der Waals surface area contributed by atoms with Gasteiger partial charge in [-0.3, -0.25) is 47.9 Å². The molecule has 1 aromatic carbocycles. The highest BCUT2D eigenvalue weighted by Crippen LogP contribution is 2.28. The number of rotatable bonds is 26. The van der Waals surface area contributed by atoms with Crippen LogP contribution >= 0.6 is 11.3 Å². The number of carbonyl (C=O) groups excluding carboxylic acids is 10. The van der Waals surface area contributed by atoms with Gasteiger partial charge in [0.1, 0.15) is 34.2 Å². The Labute approximate surface area is 531 Å². The Morgan fingerprint density at radius 1 is 0.402 bits per heavy atom. The van der Waals surface area contributed by atoms with Crippen molar-refractivity contribution in [2.45, 2.75) is 25.7 Å². The molecule has 30 heteroatoms. The van der Waals surface area contributed by atoms with Crippen LogP contribution in [0.5, 0.6) is 0 Å². The van der Waals surface area contributed by atoms with Gasteiger partial charge >= 0.3 is 0 Å². The summed E-state index contributed by atoms with van der Waals surface area (Å²) in [5.41, 5.74) is 3.42. The van der Waals surface area contributed by atoms with Crippen LogP contribution in [0.3, 0.4) is 0 Å². The first-order valence-corrected chi connectivity index (χ1v) is 29.8. The van der Waals surface area contributed by atoms with E-state index < -0.39 is 47.3 Å². The number of carbonyl (C=O) groups is 10. The lowest BCUT2D eigenvalue weighted by Gasteiger charge is -2.10. The van der Waals surface area contributed by atoms with Crippen molar-refractivity contribution in [1.29, 1.82) is 0 Å². The first kappa shape index (κ1) is 65.2. The summed E-state index contributed by atoms with van der Waals surface area (Å²) in [4.78, 5) is 138. The third-order valence-electron chi connectivity index (χ3n) is 14.6. The van der Waals surface area contributed by atoms with Crippen molar-refractivity contribution in [3.8, 4) is 0 Å². The molecule has 9 aromatic rings. The minimum absolute atomic E-state index is 0.00438. The Morgan fingerprint density at radius 3 is 1.23 bits per heavy atom. The summed E-state index contributed by atoms with van der Waals surface area (Å²) in [6.07, 6.45) is 12.1. The zero-order valence-corrected chi connectivity index (χ0v) is 52.9. The van der Waals surface area contributed by atoms with E-state index >= 15 is 0 Å². The summed E-state index contributed by atoms with van der Waals surface area (Å²) in [6, 6.07) is 18.6. The first-order valence-electron chi connectivity index (χ1n) is 29.0. The smallest absolute Gasteiger partial charge is 0.291 e. The molecule has 92 heavy (non-hydrogen) atoms. The summed E-state index contributed by atoms with van der Waals surface area (Å²) in [5, 5.41) is 28.7. The second-order valence-corrected chi connectivity index (χ2v) is 23.3. The number of nitrogens with zero attached hydrogens (tertiary/aromatic N) is 9. The number of fused-ring (bicyclic) bond motifs is 1. The highest BCUT2D eigenvalue weighted by Gasteiger charge is 2.24. The number of nitrogens with one attached hydrogen (secondary N) is 10. The molecule has 480 valence electrons. The van der Waals surface area contributed by atoms with Crippen molar-refractivity contribution in [3.05, 3.63) is 155 Å². The van der Waals surface area contributed by atoms with Gasteiger partial charge in [-0.05, 0) is 87.4 Å². The SMILES string of the molecule is CN(C)CCCNC(=O)CCNC(=O)c1cc(NC(=O)c2cc(NC(=O)c3cc(NC(=O)c4nc(NC(=O)CCCNC(=O)c5cc(NC(=O)c6cc(NC(=O)c7cc(NC(=O)c8cc9ccccc9s8)cn7C)cn6C)cn5C)cn4C)cn3C)cn2C)cn1C. The fourth-order valence-electron chi connectivity index (χ4n) is 9.98. The van der Waals surface area contributed by atoms with Gasteiger partial charge in [-0.25, -0.2) is 4.98 Å². The number of thiophene rings is 1. The average molecular weight is 1270 g/mol. The number of imidazole rings is 1. The lowest BCUT2D eigenvalue weighted by atomic mass is 10.2. The lowest BCUT2D eigenvalue weighted by Crippen LogP contribution is -2.32. The molecule has 9 rings (SSSR count). The van der Waals surface area contributed by atoms with Crippen LogP contribution in [0, 0.1) is 0 Å². The largest absolute Gasteiger partial charge is 0.356 e. The van der Waals surface area contributed by atoms with Gasteiger partial charge in [0.05, 0.1) is 39.0 Å². The zero-order chi connectivity index (χ0) is 66.1. The molecule has 10 N–H and O–H groups in total. The standard InChI is InChI=1S/C62H71N19O10S/c1-74(2)21-13-19-63-52(82)17-20-65-56(85)44-24-38(30-76(44)4)67-58(87)46-26-40(32-78(46)6)69-60(89)48-28-42(34-80(48)8)71-62(91)54-73-51(35-81(54)9)72-53(83)16-12-18-64-55(84)43-23-37(29-75(43)3)66-57(86)45-25-39(31-77(45)5)68-59(88)47-27-41(33-79(47)7)70-61(90)50-22-36-14-10-11-15-49(36)92-50/h10-11,14-15,22-35H,12-13,16-21H2,1-9H3,(H,63,82)(H,64,84)(H,65,85)(H,66,86)(H,67,87)(H,68,88)(H,69,89)(H,70,90)(H,71,91)(H,72,83). The Morgan fingerprint density at radius 2 is 0.793 bits per heavy atom. The highest BCUT2D eigenvalue weighted by molar-refractivity contribution is 7.20. The molecule has 0 aliphatic rings. The maximum Gasteiger partial charge on any atom is 0.291 e. The second-order valence-electron chi connectivity index (χ2n) is 22.2. The van der Waals surface area contributed by atoms with Crippen LogP contribution in [0.1, 0.15) is 109 Å². The van der Waals surface area contributed by atoms with Crippen molar-refractivity contribution in [2.75, 3.05) is 77.5 Å². The van der Waals surface area contributed by atoms with E-state index in [1.54, 1.807) is 105 Å². The van der Waals surface area contributed by atoms with E-state index in [1.807, 2.05) is 49.3 Å². The predicted octanol–water partition coefficient (Wildman–Crippen LogP) is 5.52. The molecule has 0 radical (unpaired) electrons. The number of hydrogen-bond donors (Lipinski definition) is 10. The van der Waals surface area contributed by atoms with Crippen LogP contribution in [-0.4, -0.2) is 141 Å². The average Bonchev–Trinajstić information content (AvgIpc) is 2.15. The molecule has 0 saturated carbocycles. The van der Waals surface area contributed by atoms with Gasteiger partial charge in [-0.15, -0.1) is 11.3 Å². The normalized spacial score (nSPS) is 11.1. The van der Waals surface area contributed by atoms with Crippen LogP contribution in [0.25, 0.3) is 10.1 Å². The van der Waals surface area contributed by atoms with Crippen molar-refractivity contribution in [2.24, 2.45) is 49.3 Å². The molecule has 0 atom stereocenters. The Kier molecular flexibility index (Phi) is 20.2. The molecule has 0 fully saturated rings. The van der Waals surface area contributed by atoms with E-state index in [-0.39, 0.29) is 95.7 Å². The molecule has 0 aliphatic carbocycles. The third kappa shape index (κ3) is 16.1. The maximum atomic E-state index is 13.5. The molecule has 0 aliphatic heterocycles. The van der Waals surface area contributed by atoms with Gasteiger partial charge < -0.3 is 90.0 Å². The number of benzene rings is 1. The summed E-state index contributed by atoms with van der Waals surface area (Å²) in [7, 11) is 15.4. The van der Waals surface area contributed by atoms with E-state index in [0.29, 0.717) is 39.9 Å². The van der Waals surface area contributed by atoms with Crippen molar-refractivity contribution in [3.63, 3.8) is 0 Å². The lowest BCUT2D eigenvalue weighted by molar-refractivity contribution is -0.121. The van der Waals surface area contributed by atoms with Gasteiger partial charge in [0.2, 0.25) is 17.6 Å². The van der Waals surface area contributed by atoms with Crippen molar-refractivity contribution in [1.82, 2.24) is 57.8 Å². The number of aryl methyl sites for hydroxylation is 7. The van der Waals surface area contributed by atoms with Crippen LogP contribution in [0.2, 0.25) is 0 Å². The summed E-state index contributed by atoms with van der Waals surface area (Å²) in [5.74, 6) is -4.34. The molecule has 0 spiro atoms. The van der Waals surface area contributed by atoms with Crippen LogP contribution in [0.4, 0.5) is 39.9 Å². The minimum Gasteiger partial charge on any atom is -0.356 e. The molecular formula is C62H71N19O10S. The monoisotopic (exact) mass is 1270 g/mol. The predicted molar refractivity (Wildman–Crippen MR) is 349 cm³/mol.